The Kier molecular flexibility index (Phi) is 23.6. The minimum atomic E-state index is -4.32. The normalized spacial score (nSPS) is 15.4. The summed E-state index contributed by atoms with van der Waals surface area (Å²) in [5, 5.41) is 13.3. The fourth-order valence-electron chi connectivity index (χ4n) is 3.62. The van der Waals surface area contributed by atoms with Crippen molar-refractivity contribution in [3.8, 4) is 0 Å². The SMILES string of the molecule is CCC/C=C/CC/C=C/C(O)C(COP(=O)(O)OCCN)NC(=O)CCCCCCCCCCCC. The first-order valence-electron chi connectivity index (χ1n) is 14.0. The van der Waals surface area contributed by atoms with Gasteiger partial charge >= 0.3 is 7.82 Å². The first-order chi connectivity index (χ1) is 17.4. The van der Waals surface area contributed by atoms with E-state index in [1.54, 1.807) is 6.08 Å². The molecular formula is C27H53N2O6P. The number of hydrogen-bond donors (Lipinski definition) is 4. The molecule has 0 aliphatic rings. The van der Waals surface area contributed by atoms with Gasteiger partial charge in [-0.05, 0) is 25.7 Å². The summed E-state index contributed by atoms with van der Waals surface area (Å²) in [4.78, 5) is 22.2. The summed E-state index contributed by atoms with van der Waals surface area (Å²) in [5.74, 6) is -0.214. The van der Waals surface area contributed by atoms with Crippen molar-refractivity contribution in [1.82, 2.24) is 5.32 Å². The molecule has 0 rings (SSSR count). The van der Waals surface area contributed by atoms with E-state index < -0.39 is 20.0 Å². The van der Waals surface area contributed by atoms with Gasteiger partial charge in [-0.1, -0.05) is 102 Å². The van der Waals surface area contributed by atoms with Gasteiger partial charge in [0.05, 0.1) is 25.4 Å². The maximum Gasteiger partial charge on any atom is 0.472 e. The fraction of sp³-hybridized carbons (Fsp3) is 0.815. The smallest absolute Gasteiger partial charge is 0.387 e. The van der Waals surface area contributed by atoms with Gasteiger partial charge in [0.2, 0.25) is 5.91 Å². The molecule has 0 saturated heterocycles. The van der Waals surface area contributed by atoms with Crippen LogP contribution in [0.25, 0.3) is 0 Å². The second-order valence-corrected chi connectivity index (χ2v) is 10.7. The van der Waals surface area contributed by atoms with Crippen LogP contribution in [0.2, 0.25) is 0 Å². The van der Waals surface area contributed by atoms with Crippen LogP contribution >= 0.6 is 7.82 Å². The number of carbonyl (C=O) groups is 1. The lowest BCUT2D eigenvalue weighted by atomic mass is 10.1. The number of nitrogens with two attached hydrogens (primary N) is 1. The van der Waals surface area contributed by atoms with Gasteiger partial charge in [-0.25, -0.2) is 4.57 Å². The molecule has 9 heteroatoms. The molecule has 3 atom stereocenters. The maximum absolute atomic E-state index is 12.5. The zero-order valence-electron chi connectivity index (χ0n) is 22.7. The Labute approximate surface area is 219 Å². The topological polar surface area (TPSA) is 131 Å². The van der Waals surface area contributed by atoms with Gasteiger partial charge in [0, 0.05) is 13.0 Å². The first-order valence-corrected chi connectivity index (χ1v) is 15.5. The zero-order valence-corrected chi connectivity index (χ0v) is 23.6. The van der Waals surface area contributed by atoms with Gasteiger partial charge in [-0.2, -0.15) is 0 Å². The summed E-state index contributed by atoms with van der Waals surface area (Å²) >= 11 is 0. The van der Waals surface area contributed by atoms with Crippen LogP contribution in [-0.2, 0) is 18.4 Å². The number of rotatable bonds is 25. The molecule has 0 aliphatic heterocycles. The molecule has 3 unspecified atom stereocenters. The molecule has 8 nitrogen and oxygen atoms in total. The number of amides is 1. The minimum absolute atomic E-state index is 0.0744. The summed E-state index contributed by atoms with van der Waals surface area (Å²) < 4.78 is 21.7. The predicted molar refractivity (Wildman–Crippen MR) is 148 cm³/mol. The van der Waals surface area contributed by atoms with Crippen molar-refractivity contribution in [2.24, 2.45) is 5.73 Å². The number of phosphoric ester groups is 1. The summed E-state index contributed by atoms with van der Waals surface area (Å²) in [6.07, 6.45) is 22.5. The molecule has 5 N–H and O–H groups in total. The van der Waals surface area contributed by atoms with Crippen molar-refractivity contribution in [1.29, 1.82) is 0 Å². The van der Waals surface area contributed by atoms with Crippen molar-refractivity contribution in [2.45, 2.75) is 122 Å². The van der Waals surface area contributed by atoms with E-state index >= 15 is 0 Å². The molecular weight excluding hydrogens is 479 g/mol. The second kappa shape index (κ2) is 24.3. The Hall–Kier alpha value is -1.02. The van der Waals surface area contributed by atoms with E-state index in [9.17, 15) is 19.4 Å². The quantitative estimate of drug-likeness (QED) is 0.0651. The third kappa shape index (κ3) is 22.2. The number of aliphatic hydroxyl groups is 1. The van der Waals surface area contributed by atoms with E-state index in [1.807, 2.05) is 6.08 Å². The Morgan fingerprint density at radius 1 is 0.889 bits per heavy atom. The molecule has 0 radical (unpaired) electrons. The highest BCUT2D eigenvalue weighted by Gasteiger charge is 2.26. The van der Waals surface area contributed by atoms with Crippen molar-refractivity contribution in [3.05, 3.63) is 24.3 Å². The molecule has 1 amide bonds. The Morgan fingerprint density at radius 2 is 1.47 bits per heavy atom. The fourth-order valence-corrected chi connectivity index (χ4v) is 4.38. The number of hydrogen-bond acceptors (Lipinski definition) is 6. The highest BCUT2D eigenvalue weighted by atomic mass is 31.2. The third-order valence-electron chi connectivity index (χ3n) is 5.76. The van der Waals surface area contributed by atoms with Crippen molar-refractivity contribution in [2.75, 3.05) is 19.8 Å². The number of aliphatic hydroxyl groups excluding tert-OH is 1. The van der Waals surface area contributed by atoms with Gasteiger partial charge < -0.3 is 21.1 Å². The lowest BCUT2D eigenvalue weighted by Gasteiger charge is -2.23. The van der Waals surface area contributed by atoms with E-state index in [0.717, 1.165) is 44.9 Å². The van der Waals surface area contributed by atoms with Gasteiger partial charge in [0.15, 0.2) is 0 Å². The van der Waals surface area contributed by atoms with E-state index in [2.05, 4.69) is 31.3 Å². The highest BCUT2D eigenvalue weighted by molar-refractivity contribution is 7.47. The molecule has 0 spiro atoms. The van der Waals surface area contributed by atoms with Gasteiger partial charge in [0.1, 0.15) is 0 Å². The molecule has 0 saturated carbocycles. The van der Waals surface area contributed by atoms with Crippen LogP contribution in [0.1, 0.15) is 110 Å². The largest absolute Gasteiger partial charge is 0.472 e. The molecule has 0 aliphatic carbocycles. The average Bonchev–Trinajstić information content (AvgIpc) is 2.85. The van der Waals surface area contributed by atoms with E-state index in [4.69, 9.17) is 14.8 Å². The highest BCUT2D eigenvalue weighted by Crippen LogP contribution is 2.43. The molecule has 0 heterocycles. The van der Waals surface area contributed by atoms with Crippen molar-refractivity contribution >= 4 is 13.7 Å². The molecule has 36 heavy (non-hydrogen) atoms. The lowest BCUT2D eigenvalue weighted by Crippen LogP contribution is -2.45. The number of nitrogens with one attached hydrogen (secondary N) is 1. The first kappa shape index (κ1) is 35.0. The van der Waals surface area contributed by atoms with E-state index in [-0.39, 0.29) is 25.7 Å². The van der Waals surface area contributed by atoms with Crippen LogP contribution in [0.15, 0.2) is 24.3 Å². The molecule has 0 aromatic heterocycles. The Balaban J connectivity index is 4.52. The average molecular weight is 533 g/mol. The Morgan fingerprint density at radius 3 is 2.08 bits per heavy atom. The summed E-state index contributed by atoms with van der Waals surface area (Å²) in [6, 6.07) is -0.866. The molecule has 0 aromatic rings. The second-order valence-electron chi connectivity index (χ2n) is 9.25. The Bertz CT molecular complexity index is 629. The van der Waals surface area contributed by atoms with Crippen LogP contribution < -0.4 is 11.1 Å². The van der Waals surface area contributed by atoms with Crippen molar-refractivity contribution in [3.63, 3.8) is 0 Å². The van der Waals surface area contributed by atoms with E-state index in [0.29, 0.717) is 6.42 Å². The lowest BCUT2D eigenvalue weighted by molar-refractivity contribution is -0.123. The summed E-state index contributed by atoms with van der Waals surface area (Å²) in [7, 11) is -4.32. The van der Waals surface area contributed by atoms with Crippen LogP contribution in [0.5, 0.6) is 0 Å². The van der Waals surface area contributed by atoms with Crippen molar-refractivity contribution < 1.29 is 28.4 Å². The summed E-state index contributed by atoms with van der Waals surface area (Å²) in [5.41, 5.74) is 5.30. The molecule has 0 bridgehead atoms. The number of allylic oxidation sites excluding steroid dienone is 3. The van der Waals surface area contributed by atoms with Crippen LogP contribution in [-0.4, -0.2) is 47.8 Å². The molecule has 0 fully saturated rings. The number of carbonyl (C=O) groups excluding carboxylic acids is 1. The van der Waals surface area contributed by atoms with Crippen LogP contribution in [0.4, 0.5) is 0 Å². The maximum atomic E-state index is 12.5. The zero-order chi connectivity index (χ0) is 26.9. The van der Waals surface area contributed by atoms with Gasteiger partial charge in [0.25, 0.3) is 0 Å². The number of unbranched alkanes of at least 4 members (excludes halogenated alkanes) is 11. The molecule has 212 valence electrons. The standard InChI is InChI=1S/C27H53N2O6P/c1-3-5-7-9-11-12-13-15-17-19-21-27(31)29-25(24-35-36(32,33)34-23-22-28)26(30)20-18-16-14-10-8-6-4-2/h8,10,18,20,25-26,30H,3-7,9,11-17,19,21-24,28H2,1-2H3,(H,29,31)(H,32,33)/b10-8+,20-18+. The van der Waals surface area contributed by atoms with Crippen LogP contribution in [0.3, 0.4) is 0 Å². The molecule has 0 aromatic carbocycles. The third-order valence-corrected chi connectivity index (χ3v) is 6.75. The van der Waals surface area contributed by atoms with Gasteiger partial charge in [-0.15, -0.1) is 0 Å². The van der Waals surface area contributed by atoms with Gasteiger partial charge in [-0.3, -0.25) is 13.8 Å². The number of phosphoric acid groups is 1. The van der Waals surface area contributed by atoms with E-state index in [1.165, 1.54) is 44.9 Å². The minimum Gasteiger partial charge on any atom is -0.387 e. The predicted octanol–water partition coefficient (Wildman–Crippen LogP) is 5.93. The monoisotopic (exact) mass is 532 g/mol. The summed E-state index contributed by atoms with van der Waals surface area (Å²) in [6.45, 7) is 3.94. The van der Waals surface area contributed by atoms with Crippen LogP contribution in [0, 0.1) is 0 Å².